The lowest BCUT2D eigenvalue weighted by atomic mass is 9.33. The number of aromatic nitrogens is 2. The second-order valence-electron chi connectivity index (χ2n) is 37.9. The summed E-state index contributed by atoms with van der Waals surface area (Å²) >= 11 is 0. The molecular weight excluding hydrogens is 1150 g/mol. The predicted octanol–water partition coefficient (Wildman–Crippen LogP) is 24.0. The van der Waals surface area contributed by atoms with Crippen molar-refractivity contribution in [3.63, 3.8) is 0 Å². The van der Waals surface area contributed by atoms with Crippen molar-refractivity contribution < 1.29 is 0 Å². The van der Waals surface area contributed by atoms with Crippen LogP contribution in [0.2, 0.25) is 0 Å². The van der Waals surface area contributed by atoms with Gasteiger partial charge in [0.05, 0.1) is 11.4 Å². The summed E-state index contributed by atoms with van der Waals surface area (Å²) in [4.78, 5) is 17.3. The minimum absolute atomic E-state index is 0.0448. The van der Waals surface area contributed by atoms with Gasteiger partial charge in [-0.2, -0.15) is 0 Å². The molecule has 7 aromatic carbocycles. The second-order valence-corrected chi connectivity index (χ2v) is 37.9. The summed E-state index contributed by atoms with van der Waals surface area (Å²) in [6, 6.07) is 52.8. The number of hydrogen-bond acceptors (Lipinski definition) is 4. The third-order valence-corrected chi connectivity index (χ3v) is 22.0. The lowest BCUT2D eigenvalue weighted by molar-refractivity contribution is 0.444. The Balaban J connectivity index is 1.27. The van der Waals surface area contributed by atoms with Crippen LogP contribution in [0.25, 0.3) is 33.9 Å². The number of nitrogens with zero attached hydrogens (tertiary/aromatic N) is 4. The van der Waals surface area contributed by atoms with Crippen molar-refractivity contribution in [1.29, 1.82) is 0 Å². The van der Waals surface area contributed by atoms with Gasteiger partial charge in [-0.15, -0.1) is 0 Å². The Morgan fingerprint density at radius 2 is 0.579 bits per heavy atom. The summed E-state index contributed by atoms with van der Waals surface area (Å²) in [6.45, 7) is 56.8. The molecular formula is C90H115BN4. The van der Waals surface area contributed by atoms with Crippen LogP contribution in [0.5, 0.6) is 0 Å². The van der Waals surface area contributed by atoms with Crippen molar-refractivity contribution >= 4 is 57.2 Å². The highest BCUT2D eigenvalue weighted by Gasteiger charge is 2.45. The third-order valence-electron chi connectivity index (χ3n) is 22.0. The zero-order chi connectivity index (χ0) is 68.7. The van der Waals surface area contributed by atoms with Crippen LogP contribution in [-0.4, -0.2) is 16.7 Å². The molecule has 0 amide bonds. The summed E-state index contributed by atoms with van der Waals surface area (Å²) in [7, 11) is 0. The molecule has 2 fully saturated rings. The van der Waals surface area contributed by atoms with E-state index >= 15 is 0 Å². The van der Waals surface area contributed by atoms with Gasteiger partial charge in [0.15, 0.2) is 5.82 Å². The summed E-state index contributed by atoms with van der Waals surface area (Å²) in [5, 5.41) is 0. The fraction of sp³-hybridized carbons (Fsp3) is 0.489. The average molecular weight is 1260 g/mol. The van der Waals surface area contributed by atoms with Gasteiger partial charge in [-0.05, 0) is 232 Å². The molecule has 3 heterocycles. The molecule has 0 spiro atoms. The highest BCUT2D eigenvalue weighted by atomic mass is 15.2. The number of rotatable bonds is 7. The fourth-order valence-corrected chi connectivity index (χ4v) is 15.5. The molecule has 0 N–H and O–H groups in total. The Morgan fingerprint density at radius 3 is 0.884 bits per heavy atom. The number of benzene rings is 7. The van der Waals surface area contributed by atoms with E-state index in [0.29, 0.717) is 11.8 Å². The van der Waals surface area contributed by atoms with Crippen molar-refractivity contribution in [2.45, 2.75) is 286 Å². The second kappa shape index (κ2) is 24.1. The van der Waals surface area contributed by atoms with E-state index in [1.54, 1.807) is 0 Å². The van der Waals surface area contributed by atoms with Crippen LogP contribution in [-0.2, 0) is 43.3 Å². The number of hydrogen-bond donors (Lipinski definition) is 0. The molecule has 2 aliphatic heterocycles. The third kappa shape index (κ3) is 13.7. The Kier molecular flexibility index (Phi) is 17.3. The van der Waals surface area contributed by atoms with E-state index in [4.69, 9.17) is 9.97 Å². The molecule has 0 unspecified atom stereocenters. The molecule has 95 heavy (non-hydrogen) atoms. The van der Waals surface area contributed by atoms with Gasteiger partial charge in [0, 0.05) is 50.8 Å². The van der Waals surface area contributed by atoms with E-state index in [9.17, 15) is 0 Å². The maximum absolute atomic E-state index is 6.02. The summed E-state index contributed by atoms with van der Waals surface area (Å²) in [6.07, 6.45) is 12.7. The van der Waals surface area contributed by atoms with Crippen molar-refractivity contribution in [3.05, 3.63) is 183 Å². The van der Waals surface area contributed by atoms with Crippen molar-refractivity contribution in [2.24, 2.45) is 0 Å². The van der Waals surface area contributed by atoms with E-state index in [1.165, 1.54) is 170 Å². The summed E-state index contributed by atoms with van der Waals surface area (Å²) in [5.74, 6) is 1.79. The largest absolute Gasteiger partial charge is 0.311 e. The monoisotopic (exact) mass is 1260 g/mol. The van der Waals surface area contributed by atoms with Crippen LogP contribution >= 0.6 is 0 Å². The first-order chi connectivity index (χ1) is 44.1. The first-order valence-corrected chi connectivity index (χ1v) is 36.7. The first kappa shape index (κ1) is 68.2. The van der Waals surface area contributed by atoms with E-state index < -0.39 is 0 Å². The Labute approximate surface area is 576 Å². The van der Waals surface area contributed by atoms with E-state index in [1.807, 2.05) is 0 Å². The van der Waals surface area contributed by atoms with Gasteiger partial charge >= 0.3 is 0 Å². The Bertz CT molecular complexity index is 3840. The highest BCUT2D eigenvalue weighted by Crippen LogP contribution is 2.51. The van der Waals surface area contributed by atoms with Gasteiger partial charge in [0.1, 0.15) is 0 Å². The topological polar surface area (TPSA) is 32.3 Å². The van der Waals surface area contributed by atoms with E-state index in [2.05, 4.69) is 303 Å². The van der Waals surface area contributed by atoms with E-state index in [-0.39, 0.29) is 50.0 Å². The predicted molar refractivity (Wildman–Crippen MR) is 414 cm³/mol. The number of anilines is 6. The first-order valence-electron chi connectivity index (χ1n) is 36.7. The molecule has 0 radical (unpaired) electrons. The molecule has 0 atom stereocenters. The average Bonchev–Trinajstić information content (AvgIpc) is 0.694. The molecule has 12 rings (SSSR count). The van der Waals surface area contributed by atoms with E-state index in [0.717, 1.165) is 33.9 Å². The Morgan fingerprint density at radius 1 is 0.295 bits per heavy atom. The molecule has 2 saturated carbocycles. The maximum Gasteiger partial charge on any atom is 0.252 e. The zero-order valence-corrected chi connectivity index (χ0v) is 63.2. The lowest BCUT2D eigenvalue weighted by Crippen LogP contribution is -2.61. The standard InChI is InChI=1S/C90H115BN4/c1-83(2,3)63-39-60(40-64(47-63)84(4,5)6)75-55-76(93-82(92-75)62-41-65(85(7,8)9)48-66(42-62)86(10,11)12)61-45-79-81-80(46-61)95(72-53-69(89(19,20)21)50-70(54-72)90(22,23)24)78-44-59(57-33-29-26-30-34-57)36-38-74(78)91(81)73-37-35-58(56-31-27-25-28-32-56)43-77(73)94(79)71-51-67(87(13,14)15)49-68(52-71)88(16,17)18/h35-57H,25-34H2,1-24H3. The molecule has 498 valence electrons. The maximum atomic E-state index is 6.02. The summed E-state index contributed by atoms with van der Waals surface area (Å²) in [5.41, 5.74) is 29.3. The lowest BCUT2D eigenvalue weighted by Gasteiger charge is -2.45. The van der Waals surface area contributed by atoms with Crippen molar-refractivity contribution in [2.75, 3.05) is 9.80 Å². The highest BCUT2D eigenvalue weighted by molar-refractivity contribution is 7.00. The summed E-state index contributed by atoms with van der Waals surface area (Å²) < 4.78 is 0. The quantitative estimate of drug-likeness (QED) is 0.149. The minimum atomic E-state index is -0.113. The normalized spacial score (nSPS) is 16.3. The van der Waals surface area contributed by atoms with Crippen LogP contribution in [0.1, 0.15) is 298 Å². The molecule has 8 aromatic rings. The zero-order valence-electron chi connectivity index (χ0n) is 63.2. The van der Waals surface area contributed by atoms with Crippen LogP contribution in [0.3, 0.4) is 0 Å². The van der Waals surface area contributed by atoms with Gasteiger partial charge in [-0.3, -0.25) is 0 Å². The smallest absolute Gasteiger partial charge is 0.252 e. The minimum Gasteiger partial charge on any atom is -0.311 e. The molecule has 4 aliphatic rings. The number of fused-ring (bicyclic) bond motifs is 4. The van der Waals surface area contributed by atoms with Gasteiger partial charge < -0.3 is 9.80 Å². The van der Waals surface area contributed by atoms with Crippen molar-refractivity contribution in [1.82, 2.24) is 9.97 Å². The molecule has 4 nitrogen and oxygen atoms in total. The molecule has 2 aliphatic carbocycles. The van der Waals surface area contributed by atoms with Crippen LogP contribution < -0.4 is 26.2 Å². The van der Waals surface area contributed by atoms with Gasteiger partial charge in [0.2, 0.25) is 0 Å². The molecule has 0 bridgehead atoms. The van der Waals surface area contributed by atoms with Crippen molar-refractivity contribution in [3.8, 4) is 33.9 Å². The fourth-order valence-electron chi connectivity index (χ4n) is 15.5. The Hall–Kier alpha value is -6.72. The van der Waals surface area contributed by atoms with Crippen LogP contribution in [0, 0.1) is 0 Å². The molecule has 1 aromatic heterocycles. The molecule has 0 saturated heterocycles. The van der Waals surface area contributed by atoms with Gasteiger partial charge in [-0.1, -0.05) is 253 Å². The van der Waals surface area contributed by atoms with Crippen LogP contribution in [0.4, 0.5) is 34.1 Å². The van der Waals surface area contributed by atoms with Gasteiger partial charge in [0.25, 0.3) is 6.71 Å². The SMILES string of the molecule is CC(C)(C)c1cc(-c2cc(-c3cc4c5c(c3)N(c3cc(C(C)(C)C)cc(C(C)(C)C)c3)c3cc(C6CCCCC6)ccc3B5c3ccc(C5CCCCC5)cc3N4c3cc(C(C)(C)C)cc(C(C)(C)C)c3)nc(-c3cc(C(C)(C)C)cc(C(C)(C)C)c3)n2)cc(C(C)(C)C)c1. The van der Waals surface area contributed by atoms with Gasteiger partial charge in [-0.25, -0.2) is 9.97 Å². The molecule has 5 heteroatoms. The van der Waals surface area contributed by atoms with Crippen LogP contribution in [0.15, 0.2) is 127 Å².